The molecule has 1 aromatic rings. The molecule has 5 heteroatoms. The third kappa shape index (κ3) is 1.97. The van der Waals surface area contributed by atoms with Crippen molar-refractivity contribution in [2.45, 2.75) is 25.1 Å². The predicted molar refractivity (Wildman–Crippen MR) is 66.0 cm³/mol. The van der Waals surface area contributed by atoms with Crippen molar-refractivity contribution in [3.8, 4) is 0 Å². The van der Waals surface area contributed by atoms with Crippen LogP contribution in [0.4, 0.5) is 0 Å². The van der Waals surface area contributed by atoms with Crippen LogP contribution in [-0.2, 0) is 20.7 Å². The molecule has 1 N–H and O–H groups in total. The van der Waals surface area contributed by atoms with Crippen LogP contribution in [0.25, 0.3) is 0 Å². The van der Waals surface area contributed by atoms with E-state index in [1.165, 1.54) is 4.90 Å². The summed E-state index contributed by atoms with van der Waals surface area (Å²) in [5.74, 6) is -0.845. The minimum atomic E-state index is -1.05. The van der Waals surface area contributed by atoms with Crippen LogP contribution in [0.1, 0.15) is 12.0 Å². The molecule has 0 aliphatic carbocycles. The molecule has 0 unspecified atom stereocenters. The van der Waals surface area contributed by atoms with Gasteiger partial charge in [-0.1, -0.05) is 30.3 Å². The maximum absolute atomic E-state index is 11.4. The van der Waals surface area contributed by atoms with Crippen LogP contribution in [-0.4, -0.2) is 34.2 Å². The summed E-state index contributed by atoms with van der Waals surface area (Å²) < 4.78 is 5.51. The summed E-state index contributed by atoms with van der Waals surface area (Å²) in [6.07, 6.45) is 2.22. The fourth-order valence-electron chi connectivity index (χ4n) is 2.40. The fourth-order valence-corrected chi connectivity index (χ4v) is 2.40. The first-order chi connectivity index (χ1) is 9.16. The second kappa shape index (κ2) is 4.42. The molecule has 0 spiro atoms. The number of ether oxygens (including phenoxy) is 1. The Labute approximate surface area is 110 Å². The smallest absolute Gasteiger partial charge is 0.334 e. The summed E-state index contributed by atoms with van der Waals surface area (Å²) in [5, 5.41) is 9.21. The van der Waals surface area contributed by atoms with Crippen molar-refractivity contribution in [2.75, 3.05) is 0 Å². The largest absolute Gasteiger partial charge is 0.479 e. The number of carbonyl (C=O) groups is 2. The van der Waals surface area contributed by atoms with Crippen molar-refractivity contribution >= 4 is 11.9 Å². The minimum absolute atomic E-state index is 0.166. The fraction of sp³-hybridized carbons (Fsp3) is 0.286. The first-order valence-electron chi connectivity index (χ1n) is 6.11. The molecule has 5 nitrogen and oxygen atoms in total. The van der Waals surface area contributed by atoms with Crippen molar-refractivity contribution in [3.63, 3.8) is 0 Å². The zero-order chi connectivity index (χ0) is 13.4. The van der Waals surface area contributed by atoms with Gasteiger partial charge in [0.2, 0.25) is 5.91 Å². The Morgan fingerprint density at radius 3 is 2.79 bits per heavy atom. The van der Waals surface area contributed by atoms with Gasteiger partial charge in [0.15, 0.2) is 12.3 Å². The molecule has 0 saturated carbocycles. The monoisotopic (exact) mass is 259 g/mol. The molecular weight excluding hydrogens is 246 g/mol. The highest BCUT2D eigenvalue weighted by molar-refractivity contribution is 5.91. The lowest BCUT2D eigenvalue weighted by Crippen LogP contribution is -2.54. The van der Waals surface area contributed by atoms with Crippen LogP contribution in [0.3, 0.4) is 0 Å². The standard InChI is InChI=1S/C14H13NO4/c16-11-8-12-15(11)13(14(17)18)10(19-12)7-6-9-4-2-1-3-5-9/h1-5,7,12-13H,6,8H2,(H,17,18)/b10-7-/t12-,13-/m1/s1. The molecule has 0 radical (unpaired) electrons. The van der Waals surface area contributed by atoms with Gasteiger partial charge in [0.1, 0.15) is 5.76 Å². The van der Waals surface area contributed by atoms with Crippen LogP contribution < -0.4 is 0 Å². The van der Waals surface area contributed by atoms with E-state index >= 15 is 0 Å². The number of nitrogens with zero attached hydrogens (tertiary/aromatic N) is 1. The normalized spacial score (nSPS) is 26.8. The Morgan fingerprint density at radius 1 is 1.42 bits per heavy atom. The molecule has 2 aliphatic heterocycles. The van der Waals surface area contributed by atoms with Gasteiger partial charge in [0.25, 0.3) is 0 Å². The highest BCUT2D eigenvalue weighted by Gasteiger charge is 2.53. The Morgan fingerprint density at radius 2 is 2.16 bits per heavy atom. The quantitative estimate of drug-likeness (QED) is 0.827. The minimum Gasteiger partial charge on any atom is -0.479 e. The van der Waals surface area contributed by atoms with Gasteiger partial charge in [0.05, 0.1) is 6.42 Å². The van der Waals surface area contributed by atoms with E-state index in [2.05, 4.69) is 0 Å². The summed E-state index contributed by atoms with van der Waals surface area (Å²) in [6.45, 7) is 0. The van der Waals surface area contributed by atoms with Crippen LogP contribution in [0.15, 0.2) is 42.2 Å². The van der Waals surface area contributed by atoms with E-state index < -0.39 is 18.2 Å². The van der Waals surface area contributed by atoms with Gasteiger partial charge in [-0.05, 0) is 18.1 Å². The molecule has 0 bridgehead atoms. The molecule has 1 amide bonds. The Hall–Kier alpha value is -2.30. The number of hydrogen-bond acceptors (Lipinski definition) is 3. The molecule has 2 saturated heterocycles. The lowest BCUT2D eigenvalue weighted by Gasteiger charge is -2.33. The molecule has 3 rings (SSSR count). The molecule has 1 aromatic carbocycles. The topological polar surface area (TPSA) is 66.8 Å². The number of benzene rings is 1. The Balaban J connectivity index is 1.80. The number of hydrogen-bond donors (Lipinski definition) is 1. The SMILES string of the molecule is O=C(O)[C@H]1/C(=C/Cc2ccccc2)O[C@@H]2CC(=O)N21. The van der Waals surface area contributed by atoms with Gasteiger partial charge < -0.3 is 9.84 Å². The number of carboxylic acid groups (broad SMARTS) is 1. The molecule has 2 fully saturated rings. The van der Waals surface area contributed by atoms with E-state index in [0.29, 0.717) is 12.2 Å². The van der Waals surface area contributed by atoms with E-state index in [1.807, 2.05) is 30.3 Å². The van der Waals surface area contributed by atoms with Gasteiger partial charge in [-0.25, -0.2) is 4.79 Å². The second-order valence-corrected chi connectivity index (χ2v) is 4.61. The number of rotatable bonds is 3. The maximum atomic E-state index is 11.4. The predicted octanol–water partition coefficient (Wildman–Crippen LogP) is 1.15. The van der Waals surface area contributed by atoms with Gasteiger partial charge in [-0.3, -0.25) is 9.69 Å². The molecule has 2 heterocycles. The number of carbonyl (C=O) groups excluding carboxylic acids is 1. The lowest BCUT2D eigenvalue weighted by molar-refractivity contribution is -0.163. The van der Waals surface area contributed by atoms with Crippen molar-refractivity contribution in [1.82, 2.24) is 4.90 Å². The van der Waals surface area contributed by atoms with E-state index in [9.17, 15) is 14.7 Å². The number of fused-ring (bicyclic) bond motifs is 1. The van der Waals surface area contributed by atoms with Crippen LogP contribution >= 0.6 is 0 Å². The molecule has 0 aromatic heterocycles. The summed E-state index contributed by atoms with van der Waals surface area (Å²) >= 11 is 0. The highest BCUT2D eigenvalue weighted by atomic mass is 16.5. The number of amides is 1. The number of carboxylic acids is 1. The molecule has 2 atom stereocenters. The Kier molecular flexibility index (Phi) is 2.74. The summed E-state index contributed by atoms with van der Waals surface area (Å²) in [7, 11) is 0. The van der Waals surface area contributed by atoms with E-state index in [0.717, 1.165) is 5.56 Å². The second-order valence-electron chi connectivity index (χ2n) is 4.61. The summed E-state index contributed by atoms with van der Waals surface area (Å²) in [5.41, 5.74) is 1.07. The first-order valence-corrected chi connectivity index (χ1v) is 6.11. The molecule has 19 heavy (non-hydrogen) atoms. The first kappa shape index (κ1) is 11.8. The van der Waals surface area contributed by atoms with Crippen LogP contribution in [0, 0.1) is 0 Å². The number of aliphatic carboxylic acids is 1. The van der Waals surface area contributed by atoms with E-state index in [-0.39, 0.29) is 12.3 Å². The average molecular weight is 259 g/mol. The van der Waals surface area contributed by atoms with Gasteiger partial charge in [0, 0.05) is 0 Å². The summed E-state index contributed by atoms with van der Waals surface area (Å²) in [4.78, 5) is 23.9. The molecule has 98 valence electrons. The third-order valence-corrected chi connectivity index (χ3v) is 3.38. The van der Waals surface area contributed by atoms with Crippen molar-refractivity contribution < 1.29 is 19.4 Å². The lowest BCUT2D eigenvalue weighted by atomic mass is 10.1. The van der Waals surface area contributed by atoms with Gasteiger partial charge in [-0.15, -0.1) is 0 Å². The number of allylic oxidation sites excluding steroid dienone is 1. The van der Waals surface area contributed by atoms with E-state index in [4.69, 9.17) is 4.74 Å². The Bertz CT molecular complexity index is 552. The highest BCUT2D eigenvalue weighted by Crippen LogP contribution is 2.36. The van der Waals surface area contributed by atoms with Crippen LogP contribution in [0.5, 0.6) is 0 Å². The van der Waals surface area contributed by atoms with Crippen LogP contribution in [0.2, 0.25) is 0 Å². The van der Waals surface area contributed by atoms with Gasteiger partial charge >= 0.3 is 5.97 Å². The van der Waals surface area contributed by atoms with Crippen molar-refractivity contribution in [2.24, 2.45) is 0 Å². The average Bonchev–Trinajstić information content (AvgIpc) is 2.70. The third-order valence-electron chi connectivity index (χ3n) is 3.38. The molecular formula is C14H13NO4. The molecule has 2 aliphatic rings. The van der Waals surface area contributed by atoms with Crippen molar-refractivity contribution in [3.05, 3.63) is 47.7 Å². The zero-order valence-corrected chi connectivity index (χ0v) is 10.2. The summed E-state index contributed by atoms with van der Waals surface area (Å²) in [6, 6.07) is 8.73. The maximum Gasteiger partial charge on any atom is 0.334 e. The van der Waals surface area contributed by atoms with Crippen molar-refractivity contribution in [1.29, 1.82) is 0 Å². The number of β-lactam (4-membered cyclic amide) rings is 1. The zero-order valence-electron chi connectivity index (χ0n) is 10.2. The van der Waals surface area contributed by atoms with Gasteiger partial charge in [-0.2, -0.15) is 0 Å². The van der Waals surface area contributed by atoms with E-state index in [1.54, 1.807) is 6.08 Å².